The molecule has 0 aromatic carbocycles. The van der Waals surface area contributed by atoms with Gasteiger partial charge < -0.3 is 10.5 Å². The number of carbonyl (C=O) groups excluding carboxylic acids is 1. The number of ketones is 1. The van der Waals surface area contributed by atoms with E-state index in [0.717, 1.165) is 5.56 Å². The lowest BCUT2D eigenvalue weighted by molar-refractivity contribution is -0.117. The van der Waals surface area contributed by atoms with Crippen LogP contribution in [-0.4, -0.2) is 5.78 Å². The maximum atomic E-state index is 12.4. The number of hydrogen-bond acceptors (Lipinski definition) is 5. The quantitative estimate of drug-likeness (QED) is 0.861. The number of Topliss-reactive ketones (excluding diaryl/α,β-unsaturated/α-hetero) is 1. The minimum absolute atomic E-state index is 0.0650. The van der Waals surface area contributed by atoms with Crippen LogP contribution in [0.1, 0.15) is 31.2 Å². The average Bonchev–Trinajstić information content (AvgIpc) is 2.90. The van der Waals surface area contributed by atoms with Crippen LogP contribution >= 0.6 is 11.3 Å². The van der Waals surface area contributed by atoms with E-state index in [4.69, 9.17) is 10.5 Å². The molecule has 4 nitrogen and oxygen atoms in total. The van der Waals surface area contributed by atoms with E-state index in [9.17, 15) is 10.1 Å². The molecular weight excluding hydrogens is 272 g/mol. The zero-order valence-corrected chi connectivity index (χ0v) is 11.9. The van der Waals surface area contributed by atoms with Crippen molar-refractivity contribution in [1.29, 1.82) is 5.26 Å². The Kier molecular flexibility index (Phi) is 3.11. The number of nitrogens with zero attached hydrogens (tertiary/aromatic N) is 1. The Morgan fingerprint density at radius 3 is 2.95 bits per heavy atom. The number of ether oxygens (including phenoxy) is 1. The standard InChI is InChI=1S/C15H14N2O2S/c1-8-4-11(18)14-12(5-8)19-15(17)10(6-16)13(14)9-2-3-20-7-9/h2-3,7-8,13H,4-5,17H2,1H3. The van der Waals surface area contributed by atoms with Gasteiger partial charge in [0.05, 0.1) is 5.92 Å². The monoisotopic (exact) mass is 286 g/mol. The van der Waals surface area contributed by atoms with Gasteiger partial charge in [-0.25, -0.2) is 0 Å². The molecule has 0 radical (unpaired) electrons. The summed E-state index contributed by atoms with van der Waals surface area (Å²) in [7, 11) is 0. The summed E-state index contributed by atoms with van der Waals surface area (Å²) in [5.41, 5.74) is 7.77. The van der Waals surface area contributed by atoms with Gasteiger partial charge >= 0.3 is 0 Å². The summed E-state index contributed by atoms with van der Waals surface area (Å²) >= 11 is 1.54. The molecule has 2 unspecified atom stereocenters. The van der Waals surface area contributed by atoms with Gasteiger partial charge in [0.1, 0.15) is 17.4 Å². The van der Waals surface area contributed by atoms with Crippen molar-refractivity contribution in [2.24, 2.45) is 11.7 Å². The van der Waals surface area contributed by atoms with Gasteiger partial charge in [-0.05, 0) is 28.3 Å². The van der Waals surface area contributed by atoms with Crippen molar-refractivity contribution >= 4 is 17.1 Å². The minimum Gasteiger partial charge on any atom is -0.444 e. The minimum atomic E-state index is -0.366. The van der Waals surface area contributed by atoms with Crippen LogP contribution in [0.25, 0.3) is 0 Å². The van der Waals surface area contributed by atoms with Crippen LogP contribution in [0, 0.1) is 17.2 Å². The highest BCUT2D eigenvalue weighted by Gasteiger charge is 2.39. The largest absolute Gasteiger partial charge is 0.444 e. The summed E-state index contributed by atoms with van der Waals surface area (Å²) in [6.45, 7) is 2.02. The maximum Gasteiger partial charge on any atom is 0.205 e. The Hall–Kier alpha value is -2.06. The molecule has 1 aliphatic carbocycles. The molecule has 1 aromatic heterocycles. The summed E-state index contributed by atoms with van der Waals surface area (Å²) in [5.74, 6) is 0.719. The molecule has 1 aliphatic heterocycles. The predicted molar refractivity (Wildman–Crippen MR) is 75.4 cm³/mol. The van der Waals surface area contributed by atoms with E-state index in [2.05, 4.69) is 6.07 Å². The van der Waals surface area contributed by atoms with Crippen molar-refractivity contribution < 1.29 is 9.53 Å². The van der Waals surface area contributed by atoms with Gasteiger partial charge in [0, 0.05) is 18.4 Å². The number of nitriles is 1. The predicted octanol–water partition coefficient (Wildman–Crippen LogP) is 2.81. The molecule has 0 spiro atoms. The molecule has 2 atom stereocenters. The molecule has 5 heteroatoms. The van der Waals surface area contributed by atoms with E-state index >= 15 is 0 Å². The number of carbonyl (C=O) groups is 1. The van der Waals surface area contributed by atoms with Gasteiger partial charge in [0.15, 0.2) is 5.78 Å². The lowest BCUT2D eigenvalue weighted by Gasteiger charge is -2.32. The lowest BCUT2D eigenvalue weighted by atomic mass is 9.76. The van der Waals surface area contributed by atoms with Gasteiger partial charge in [-0.1, -0.05) is 6.92 Å². The molecule has 0 fully saturated rings. The molecule has 0 bridgehead atoms. The zero-order chi connectivity index (χ0) is 14.3. The average molecular weight is 286 g/mol. The first-order chi connectivity index (χ1) is 9.61. The van der Waals surface area contributed by atoms with Crippen molar-refractivity contribution in [1.82, 2.24) is 0 Å². The number of thiophene rings is 1. The van der Waals surface area contributed by atoms with Crippen LogP contribution < -0.4 is 5.73 Å². The second kappa shape index (κ2) is 4.80. The first-order valence-corrected chi connectivity index (χ1v) is 7.42. The van der Waals surface area contributed by atoms with Crippen LogP contribution in [0.5, 0.6) is 0 Å². The van der Waals surface area contributed by atoms with Crippen molar-refractivity contribution in [3.63, 3.8) is 0 Å². The van der Waals surface area contributed by atoms with E-state index in [0.29, 0.717) is 29.7 Å². The molecular formula is C15H14N2O2S. The van der Waals surface area contributed by atoms with Crippen LogP contribution in [0.3, 0.4) is 0 Å². The van der Waals surface area contributed by atoms with Crippen molar-refractivity contribution in [2.45, 2.75) is 25.7 Å². The number of hydrogen-bond donors (Lipinski definition) is 1. The van der Waals surface area contributed by atoms with Gasteiger partial charge in [-0.3, -0.25) is 4.79 Å². The van der Waals surface area contributed by atoms with Crippen LogP contribution in [0.4, 0.5) is 0 Å². The Morgan fingerprint density at radius 2 is 2.30 bits per heavy atom. The summed E-state index contributed by atoms with van der Waals surface area (Å²) < 4.78 is 5.56. The second-order valence-electron chi connectivity index (χ2n) is 5.25. The SMILES string of the molecule is CC1CC(=O)C2=C(C1)OC(N)=C(C#N)C2c1ccsc1. The molecule has 1 aromatic rings. The van der Waals surface area contributed by atoms with Crippen LogP contribution in [0.2, 0.25) is 0 Å². The Morgan fingerprint density at radius 1 is 1.50 bits per heavy atom. The van der Waals surface area contributed by atoms with E-state index in [-0.39, 0.29) is 23.5 Å². The van der Waals surface area contributed by atoms with Gasteiger partial charge in [-0.2, -0.15) is 16.6 Å². The zero-order valence-electron chi connectivity index (χ0n) is 11.1. The Bertz CT molecular complexity index is 665. The summed E-state index contributed by atoms with van der Waals surface area (Å²) in [6.07, 6.45) is 1.20. The molecule has 0 amide bonds. The highest BCUT2D eigenvalue weighted by molar-refractivity contribution is 7.08. The molecule has 2 aliphatic rings. The molecule has 2 heterocycles. The van der Waals surface area contributed by atoms with E-state index in [1.165, 1.54) is 0 Å². The molecule has 102 valence electrons. The van der Waals surface area contributed by atoms with Crippen LogP contribution in [0.15, 0.2) is 39.6 Å². The number of allylic oxidation sites excluding steroid dienone is 3. The highest BCUT2D eigenvalue weighted by Crippen LogP contribution is 2.44. The van der Waals surface area contributed by atoms with E-state index < -0.39 is 0 Å². The molecule has 3 rings (SSSR count). The fraction of sp³-hybridized carbons (Fsp3) is 0.333. The van der Waals surface area contributed by atoms with Crippen molar-refractivity contribution in [3.05, 3.63) is 45.2 Å². The van der Waals surface area contributed by atoms with Crippen LogP contribution in [-0.2, 0) is 9.53 Å². The summed E-state index contributed by atoms with van der Waals surface area (Å²) in [4.78, 5) is 12.4. The number of rotatable bonds is 1. The maximum absolute atomic E-state index is 12.4. The molecule has 2 N–H and O–H groups in total. The highest BCUT2D eigenvalue weighted by atomic mass is 32.1. The third-order valence-electron chi connectivity index (χ3n) is 3.74. The second-order valence-corrected chi connectivity index (χ2v) is 6.03. The summed E-state index contributed by atoms with van der Waals surface area (Å²) in [5, 5.41) is 13.3. The molecule has 0 saturated heterocycles. The van der Waals surface area contributed by atoms with Crippen molar-refractivity contribution in [2.75, 3.05) is 0 Å². The van der Waals surface area contributed by atoms with Gasteiger partial charge in [0.2, 0.25) is 5.88 Å². The molecule has 20 heavy (non-hydrogen) atoms. The lowest BCUT2D eigenvalue weighted by Crippen LogP contribution is -2.29. The molecule has 0 saturated carbocycles. The Balaban J connectivity index is 2.16. The topological polar surface area (TPSA) is 76.1 Å². The Labute approximate surface area is 121 Å². The first-order valence-electron chi connectivity index (χ1n) is 6.47. The third kappa shape index (κ3) is 1.93. The van der Waals surface area contributed by atoms with Gasteiger partial charge in [-0.15, -0.1) is 0 Å². The smallest absolute Gasteiger partial charge is 0.205 e. The van der Waals surface area contributed by atoms with E-state index in [1.807, 2.05) is 23.8 Å². The van der Waals surface area contributed by atoms with Crippen molar-refractivity contribution in [3.8, 4) is 6.07 Å². The van der Waals surface area contributed by atoms with E-state index in [1.54, 1.807) is 11.3 Å². The fourth-order valence-electron chi connectivity index (χ4n) is 2.87. The summed E-state index contributed by atoms with van der Waals surface area (Å²) in [6, 6.07) is 4.04. The van der Waals surface area contributed by atoms with Gasteiger partial charge in [0.25, 0.3) is 0 Å². The first kappa shape index (κ1) is 12.9. The number of nitrogens with two attached hydrogens (primary N) is 1. The normalized spacial score (nSPS) is 26.1. The third-order valence-corrected chi connectivity index (χ3v) is 4.44. The fourth-order valence-corrected chi connectivity index (χ4v) is 3.55.